The lowest BCUT2D eigenvalue weighted by Crippen LogP contribution is -2.26. The number of carbonyl (C=O) groups is 1. The van der Waals surface area contributed by atoms with Gasteiger partial charge in [0.2, 0.25) is 0 Å². The fourth-order valence-electron chi connectivity index (χ4n) is 1.93. The number of hydrogen-bond donors (Lipinski definition) is 1. The average Bonchev–Trinajstić information content (AvgIpc) is 2.89. The van der Waals surface area contributed by atoms with Gasteiger partial charge in [-0.3, -0.25) is 19.6 Å². The van der Waals surface area contributed by atoms with E-state index >= 15 is 0 Å². The zero-order valence-corrected chi connectivity index (χ0v) is 14.1. The number of nitrogens with zero attached hydrogens (tertiary/aromatic N) is 3. The normalized spacial score (nSPS) is 10.5. The van der Waals surface area contributed by atoms with Crippen LogP contribution in [0.15, 0.2) is 30.6 Å². The Labute approximate surface area is 141 Å². The molecule has 0 unspecified atom stereocenters. The highest BCUT2D eigenvalue weighted by atomic mass is 127. The van der Waals surface area contributed by atoms with Gasteiger partial charge in [0, 0.05) is 35.0 Å². The van der Waals surface area contributed by atoms with E-state index in [2.05, 4.69) is 10.4 Å². The molecule has 1 aromatic carbocycles. The number of aryl methyl sites for hydroxylation is 2. The zero-order valence-electron chi connectivity index (χ0n) is 12.0. The quantitative estimate of drug-likeness (QED) is 0.341. The highest BCUT2D eigenvalue weighted by Gasteiger charge is 2.15. The molecule has 0 saturated heterocycles. The van der Waals surface area contributed by atoms with Crippen molar-refractivity contribution in [3.05, 3.63) is 55.4 Å². The van der Waals surface area contributed by atoms with E-state index in [0.717, 1.165) is 12.0 Å². The second-order valence-electron chi connectivity index (χ2n) is 4.81. The van der Waals surface area contributed by atoms with Crippen molar-refractivity contribution in [2.45, 2.75) is 19.9 Å². The molecule has 8 heteroatoms. The van der Waals surface area contributed by atoms with Gasteiger partial charge in [0.1, 0.15) is 0 Å². The molecule has 1 amide bonds. The molecule has 1 aromatic heterocycles. The Hall–Kier alpha value is -1.97. The summed E-state index contributed by atoms with van der Waals surface area (Å²) in [5.41, 5.74) is 1.33. The van der Waals surface area contributed by atoms with Gasteiger partial charge in [-0.1, -0.05) is 0 Å². The Morgan fingerprint density at radius 2 is 2.27 bits per heavy atom. The number of rotatable bonds is 6. The van der Waals surface area contributed by atoms with Gasteiger partial charge < -0.3 is 5.32 Å². The minimum atomic E-state index is -0.507. The van der Waals surface area contributed by atoms with Crippen LogP contribution in [0.5, 0.6) is 0 Å². The summed E-state index contributed by atoms with van der Waals surface area (Å²) in [5, 5.41) is 17.7. The minimum Gasteiger partial charge on any atom is -0.352 e. The molecule has 0 fully saturated rings. The largest absolute Gasteiger partial charge is 0.352 e. The molecule has 0 aliphatic carbocycles. The van der Waals surface area contributed by atoms with E-state index in [4.69, 9.17) is 0 Å². The van der Waals surface area contributed by atoms with Gasteiger partial charge in [0.05, 0.1) is 16.7 Å². The van der Waals surface area contributed by atoms with Crippen molar-refractivity contribution in [3.63, 3.8) is 0 Å². The summed E-state index contributed by atoms with van der Waals surface area (Å²) in [6.07, 6.45) is 4.45. The van der Waals surface area contributed by atoms with Crippen molar-refractivity contribution in [1.82, 2.24) is 15.1 Å². The first-order valence-electron chi connectivity index (χ1n) is 6.68. The SMILES string of the molecule is Cc1cnn(CCCNC(=O)c2cc([N+](=O)[O-])ccc2I)c1. The zero-order chi connectivity index (χ0) is 16.1. The highest BCUT2D eigenvalue weighted by Crippen LogP contribution is 2.19. The lowest BCUT2D eigenvalue weighted by atomic mass is 10.2. The summed E-state index contributed by atoms with van der Waals surface area (Å²) in [6, 6.07) is 4.26. The maximum absolute atomic E-state index is 12.1. The Bertz CT molecular complexity index is 699. The fraction of sp³-hybridized carbons (Fsp3) is 0.286. The van der Waals surface area contributed by atoms with Crippen molar-refractivity contribution < 1.29 is 9.72 Å². The van der Waals surface area contributed by atoms with E-state index in [1.54, 1.807) is 12.3 Å². The summed E-state index contributed by atoms with van der Waals surface area (Å²) in [4.78, 5) is 22.4. The van der Waals surface area contributed by atoms with Crippen LogP contribution in [0.4, 0.5) is 5.69 Å². The predicted molar refractivity (Wildman–Crippen MR) is 89.7 cm³/mol. The first kappa shape index (κ1) is 16.4. The molecule has 22 heavy (non-hydrogen) atoms. The number of carbonyl (C=O) groups excluding carboxylic acids is 1. The number of halogens is 1. The molecule has 0 spiro atoms. The molecule has 1 heterocycles. The van der Waals surface area contributed by atoms with Gasteiger partial charge in [0.25, 0.3) is 11.6 Å². The van der Waals surface area contributed by atoms with Crippen molar-refractivity contribution in [2.75, 3.05) is 6.54 Å². The van der Waals surface area contributed by atoms with Gasteiger partial charge in [-0.2, -0.15) is 5.10 Å². The summed E-state index contributed by atoms with van der Waals surface area (Å²) in [7, 11) is 0. The molecule has 2 aromatic rings. The number of amides is 1. The van der Waals surface area contributed by atoms with Crippen LogP contribution in [-0.4, -0.2) is 27.2 Å². The number of non-ortho nitro benzene ring substituents is 1. The van der Waals surface area contributed by atoms with Crippen LogP contribution in [0, 0.1) is 20.6 Å². The summed E-state index contributed by atoms with van der Waals surface area (Å²) in [5.74, 6) is -0.301. The van der Waals surface area contributed by atoms with Crippen LogP contribution in [0.3, 0.4) is 0 Å². The number of nitrogens with one attached hydrogen (secondary N) is 1. The van der Waals surface area contributed by atoms with Gasteiger partial charge in [-0.15, -0.1) is 0 Å². The van der Waals surface area contributed by atoms with Crippen molar-refractivity contribution in [3.8, 4) is 0 Å². The highest BCUT2D eigenvalue weighted by molar-refractivity contribution is 14.1. The monoisotopic (exact) mass is 414 g/mol. The topological polar surface area (TPSA) is 90.1 Å². The fourth-order valence-corrected chi connectivity index (χ4v) is 2.51. The number of nitro groups is 1. The van der Waals surface area contributed by atoms with E-state index < -0.39 is 4.92 Å². The van der Waals surface area contributed by atoms with Gasteiger partial charge >= 0.3 is 0 Å². The molecule has 7 nitrogen and oxygen atoms in total. The lowest BCUT2D eigenvalue weighted by molar-refractivity contribution is -0.384. The van der Waals surface area contributed by atoms with E-state index in [0.29, 0.717) is 22.2 Å². The smallest absolute Gasteiger partial charge is 0.270 e. The third kappa shape index (κ3) is 4.26. The maximum Gasteiger partial charge on any atom is 0.270 e. The van der Waals surface area contributed by atoms with Crippen LogP contribution >= 0.6 is 22.6 Å². The third-order valence-corrected chi connectivity index (χ3v) is 3.96. The van der Waals surface area contributed by atoms with Crippen LogP contribution in [0.25, 0.3) is 0 Å². The first-order chi connectivity index (χ1) is 10.5. The molecular weight excluding hydrogens is 399 g/mol. The average molecular weight is 414 g/mol. The molecule has 0 bridgehead atoms. The second-order valence-corrected chi connectivity index (χ2v) is 5.97. The molecule has 0 aliphatic rings. The van der Waals surface area contributed by atoms with Crippen LogP contribution < -0.4 is 5.32 Å². The number of benzene rings is 1. The molecular formula is C14H15IN4O3. The standard InChI is InChI=1S/C14H15IN4O3/c1-10-8-17-18(9-10)6-2-5-16-14(20)12-7-11(19(21)22)3-4-13(12)15/h3-4,7-9H,2,5-6H2,1H3,(H,16,20). The Balaban J connectivity index is 1.89. The number of nitro benzene ring substituents is 1. The van der Waals surface area contributed by atoms with Gasteiger partial charge in [0.15, 0.2) is 0 Å². The Kier molecular flexibility index (Phi) is 5.47. The summed E-state index contributed by atoms with van der Waals surface area (Å²) in [6.45, 7) is 3.16. The second kappa shape index (κ2) is 7.34. The molecule has 0 radical (unpaired) electrons. The minimum absolute atomic E-state index is 0.0856. The van der Waals surface area contributed by atoms with Gasteiger partial charge in [-0.05, 0) is 47.6 Å². The molecule has 2 rings (SSSR count). The predicted octanol–water partition coefficient (Wildman–Crippen LogP) is 2.52. The first-order valence-corrected chi connectivity index (χ1v) is 7.76. The van der Waals surface area contributed by atoms with Gasteiger partial charge in [-0.25, -0.2) is 0 Å². The van der Waals surface area contributed by atoms with Crippen LogP contribution in [0.1, 0.15) is 22.3 Å². The van der Waals surface area contributed by atoms with E-state index in [9.17, 15) is 14.9 Å². The Morgan fingerprint density at radius 3 is 2.91 bits per heavy atom. The Morgan fingerprint density at radius 1 is 1.50 bits per heavy atom. The van der Waals surface area contributed by atoms with Crippen LogP contribution in [-0.2, 0) is 6.54 Å². The maximum atomic E-state index is 12.1. The molecule has 0 saturated carbocycles. The van der Waals surface area contributed by atoms with E-state index in [1.807, 2.05) is 40.4 Å². The molecule has 0 aliphatic heterocycles. The summed E-state index contributed by atoms with van der Waals surface area (Å²) < 4.78 is 2.50. The van der Waals surface area contributed by atoms with Crippen molar-refractivity contribution in [1.29, 1.82) is 0 Å². The number of hydrogen-bond acceptors (Lipinski definition) is 4. The van der Waals surface area contributed by atoms with E-state index in [-0.39, 0.29) is 11.6 Å². The molecule has 0 atom stereocenters. The van der Waals surface area contributed by atoms with Crippen molar-refractivity contribution in [2.24, 2.45) is 0 Å². The van der Waals surface area contributed by atoms with E-state index in [1.165, 1.54) is 12.1 Å². The lowest BCUT2D eigenvalue weighted by Gasteiger charge is -2.07. The molecule has 116 valence electrons. The van der Waals surface area contributed by atoms with Crippen molar-refractivity contribution >= 4 is 34.2 Å². The van der Waals surface area contributed by atoms with Crippen LogP contribution in [0.2, 0.25) is 0 Å². The molecule has 1 N–H and O–H groups in total. The third-order valence-electron chi connectivity index (χ3n) is 3.02. The summed E-state index contributed by atoms with van der Waals surface area (Å²) >= 11 is 1.99. The number of aromatic nitrogens is 2.